The Morgan fingerprint density at radius 1 is 0.939 bits per heavy atom. The number of carbonyl (C=O) groups excluding carboxylic acids is 1. The zero-order valence-corrected chi connectivity index (χ0v) is 18.8. The van der Waals surface area contributed by atoms with Crippen LogP contribution in [-0.2, 0) is 34.2 Å². The highest BCUT2D eigenvalue weighted by Gasteiger charge is 2.31. The van der Waals surface area contributed by atoms with Crippen LogP contribution in [0.2, 0.25) is 0 Å². The zero-order valence-electron chi connectivity index (χ0n) is 18.0. The molecule has 6 nitrogen and oxygen atoms in total. The van der Waals surface area contributed by atoms with Crippen LogP contribution in [0, 0.1) is 0 Å². The maximum Gasteiger partial charge on any atom is 0.411 e. The average Bonchev–Trinajstić information content (AvgIpc) is 3.26. The number of ether oxygens (including phenoxy) is 1. The molecule has 0 atom stereocenters. The monoisotopic (exact) mass is 482 g/mol. The molecular formula is C23H25F3N2O4S. The third-order valence-electron chi connectivity index (χ3n) is 5.97. The Hall–Kier alpha value is -2.43. The van der Waals surface area contributed by atoms with Crippen molar-refractivity contribution in [3.63, 3.8) is 0 Å². The molecule has 10 heteroatoms. The number of piperazine rings is 1. The first kappa shape index (κ1) is 23.7. The molecule has 1 aliphatic carbocycles. The van der Waals surface area contributed by atoms with Gasteiger partial charge in [0.2, 0.25) is 10.0 Å². The van der Waals surface area contributed by atoms with Crippen LogP contribution in [0.3, 0.4) is 0 Å². The van der Waals surface area contributed by atoms with Gasteiger partial charge < -0.3 is 9.64 Å². The molecule has 1 fully saturated rings. The molecule has 178 valence electrons. The number of sulfonamides is 1. The van der Waals surface area contributed by atoms with Crippen molar-refractivity contribution in [3.05, 3.63) is 64.7 Å². The Morgan fingerprint density at radius 3 is 2.27 bits per heavy atom. The van der Waals surface area contributed by atoms with E-state index >= 15 is 0 Å². The molecule has 0 unspecified atom stereocenters. The van der Waals surface area contributed by atoms with Gasteiger partial charge in [-0.2, -0.15) is 17.5 Å². The molecule has 0 aromatic heterocycles. The van der Waals surface area contributed by atoms with Gasteiger partial charge in [0.15, 0.2) is 0 Å². The summed E-state index contributed by atoms with van der Waals surface area (Å²) in [7, 11) is -3.62. The van der Waals surface area contributed by atoms with Gasteiger partial charge in [-0.25, -0.2) is 8.42 Å². The second-order valence-electron chi connectivity index (χ2n) is 8.29. The van der Waals surface area contributed by atoms with E-state index in [9.17, 15) is 26.4 Å². The van der Waals surface area contributed by atoms with Crippen LogP contribution in [-0.4, -0.2) is 62.5 Å². The number of fused-ring (bicyclic) bond motifs is 1. The van der Waals surface area contributed by atoms with E-state index in [1.165, 1.54) is 9.87 Å². The van der Waals surface area contributed by atoms with Gasteiger partial charge in [-0.05, 0) is 60.2 Å². The number of halogens is 3. The Kier molecular flexibility index (Phi) is 6.78. The topological polar surface area (TPSA) is 66.9 Å². The van der Waals surface area contributed by atoms with Crippen LogP contribution in [0.15, 0.2) is 47.4 Å². The van der Waals surface area contributed by atoms with E-state index in [-0.39, 0.29) is 38.7 Å². The minimum absolute atomic E-state index is 0.201. The van der Waals surface area contributed by atoms with E-state index in [4.69, 9.17) is 0 Å². The molecule has 0 spiro atoms. The van der Waals surface area contributed by atoms with Gasteiger partial charge in [0.05, 0.1) is 11.5 Å². The Labute approximate surface area is 191 Å². The van der Waals surface area contributed by atoms with Crippen molar-refractivity contribution in [2.24, 2.45) is 0 Å². The second-order valence-corrected chi connectivity index (χ2v) is 10.2. The van der Waals surface area contributed by atoms with Crippen molar-refractivity contribution in [2.75, 3.05) is 32.8 Å². The van der Waals surface area contributed by atoms with Gasteiger partial charge in [-0.1, -0.05) is 18.2 Å². The highest BCUT2D eigenvalue weighted by Crippen LogP contribution is 2.27. The maximum absolute atomic E-state index is 13.1. The van der Waals surface area contributed by atoms with E-state index in [0.717, 1.165) is 24.8 Å². The molecule has 0 N–H and O–H groups in total. The number of hydrogen-bond acceptors (Lipinski definition) is 4. The van der Waals surface area contributed by atoms with Crippen molar-refractivity contribution < 1.29 is 31.1 Å². The lowest BCUT2D eigenvalue weighted by Crippen LogP contribution is -2.50. The highest BCUT2D eigenvalue weighted by atomic mass is 32.2. The highest BCUT2D eigenvalue weighted by molar-refractivity contribution is 7.89. The normalized spacial score (nSPS) is 17.2. The molecule has 2 aromatic rings. The van der Waals surface area contributed by atoms with Gasteiger partial charge in [-0.15, -0.1) is 0 Å². The molecule has 2 aromatic carbocycles. The molecular weight excluding hydrogens is 457 g/mol. The summed E-state index contributed by atoms with van der Waals surface area (Å²) in [5.74, 6) is -0.243. The Bertz CT molecular complexity index is 1110. The predicted octanol–water partition coefficient (Wildman–Crippen LogP) is 3.40. The molecule has 0 bridgehead atoms. The maximum atomic E-state index is 13.1. The Morgan fingerprint density at radius 2 is 1.61 bits per heavy atom. The number of hydrogen-bond donors (Lipinski definition) is 0. The van der Waals surface area contributed by atoms with E-state index in [2.05, 4.69) is 4.74 Å². The van der Waals surface area contributed by atoms with Crippen LogP contribution in [0.5, 0.6) is 0 Å². The number of rotatable bonds is 6. The van der Waals surface area contributed by atoms with E-state index < -0.39 is 22.8 Å². The average molecular weight is 483 g/mol. The minimum Gasteiger partial charge on any atom is -0.367 e. The first-order chi connectivity index (χ1) is 15.6. The molecule has 1 saturated heterocycles. The minimum atomic E-state index is -4.38. The Balaban J connectivity index is 1.33. The smallest absolute Gasteiger partial charge is 0.367 e. The fraction of sp³-hybridized carbons (Fsp3) is 0.435. The van der Waals surface area contributed by atoms with Crippen molar-refractivity contribution in [1.29, 1.82) is 0 Å². The summed E-state index contributed by atoms with van der Waals surface area (Å²) in [5, 5.41) is 0. The molecule has 1 amide bonds. The van der Waals surface area contributed by atoms with Gasteiger partial charge in [0, 0.05) is 31.7 Å². The molecule has 4 rings (SSSR count). The quantitative estimate of drug-likeness (QED) is 0.633. The summed E-state index contributed by atoms with van der Waals surface area (Å²) in [4.78, 5) is 14.7. The zero-order chi connectivity index (χ0) is 23.6. The van der Waals surface area contributed by atoms with Gasteiger partial charge >= 0.3 is 6.18 Å². The summed E-state index contributed by atoms with van der Waals surface area (Å²) in [6.07, 6.45) is -1.46. The predicted molar refractivity (Wildman–Crippen MR) is 115 cm³/mol. The van der Waals surface area contributed by atoms with Gasteiger partial charge in [-0.3, -0.25) is 4.79 Å². The van der Waals surface area contributed by atoms with E-state index in [1.807, 2.05) is 6.07 Å². The fourth-order valence-electron chi connectivity index (χ4n) is 4.20. The number of carbonyl (C=O) groups is 1. The van der Waals surface area contributed by atoms with Crippen molar-refractivity contribution in [3.8, 4) is 0 Å². The number of alkyl halides is 3. The summed E-state index contributed by atoms with van der Waals surface area (Å²) >= 11 is 0. The SMILES string of the molecule is O=C(c1ccc(COCC(F)(F)F)cc1)N1CCN(S(=O)(=O)c2ccc3c(c2)CCC3)CC1. The van der Waals surface area contributed by atoms with Crippen LogP contribution >= 0.6 is 0 Å². The summed E-state index contributed by atoms with van der Waals surface area (Å²) in [5.41, 5.74) is 3.23. The largest absolute Gasteiger partial charge is 0.411 e. The second kappa shape index (κ2) is 9.44. The van der Waals surface area contributed by atoms with E-state index in [0.29, 0.717) is 16.0 Å². The van der Waals surface area contributed by atoms with E-state index in [1.54, 1.807) is 41.3 Å². The molecule has 1 heterocycles. The lowest BCUT2D eigenvalue weighted by atomic mass is 10.1. The number of aryl methyl sites for hydroxylation is 2. The van der Waals surface area contributed by atoms with Gasteiger partial charge in [0.25, 0.3) is 5.91 Å². The summed E-state index contributed by atoms with van der Waals surface area (Å²) in [6, 6.07) is 11.5. The fourth-order valence-corrected chi connectivity index (χ4v) is 5.67. The molecule has 0 radical (unpaired) electrons. The summed E-state index contributed by atoms with van der Waals surface area (Å²) < 4.78 is 68.7. The first-order valence-corrected chi connectivity index (χ1v) is 12.2. The third kappa shape index (κ3) is 5.56. The number of amides is 1. The van der Waals surface area contributed by atoms with Crippen LogP contribution < -0.4 is 0 Å². The van der Waals surface area contributed by atoms with Crippen LogP contribution in [0.4, 0.5) is 13.2 Å². The lowest BCUT2D eigenvalue weighted by molar-refractivity contribution is -0.176. The molecule has 2 aliphatic rings. The number of benzene rings is 2. The standard InChI is InChI=1S/C23H25F3N2O4S/c24-23(25,26)16-32-15-17-4-6-19(7-5-17)22(29)27-10-12-28(13-11-27)33(30,31)21-9-8-18-2-1-3-20(18)14-21/h4-9,14H,1-3,10-13,15-16H2. The molecule has 0 saturated carbocycles. The third-order valence-corrected chi connectivity index (χ3v) is 7.86. The lowest BCUT2D eigenvalue weighted by Gasteiger charge is -2.34. The molecule has 1 aliphatic heterocycles. The molecule has 33 heavy (non-hydrogen) atoms. The summed E-state index contributed by atoms with van der Waals surface area (Å²) in [6.45, 7) is -0.596. The van der Waals surface area contributed by atoms with Crippen molar-refractivity contribution in [2.45, 2.75) is 36.9 Å². The van der Waals surface area contributed by atoms with Crippen LogP contribution in [0.25, 0.3) is 0 Å². The first-order valence-electron chi connectivity index (χ1n) is 10.8. The van der Waals surface area contributed by atoms with Crippen LogP contribution in [0.1, 0.15) is 33.5 Å². The van der Waals surface area contributed by atoms with Crippen molar-refractivity contribution in [1.82, 2.24) is 9.21 Å². The number of nitrogens with zero attached hydrogens (tertiary/aromatic N) is 2. The van der Waals surface area contributed by atoms with Gasteiger partial charge in [0.1, 0.15) is 6.61 Å². The van der Waals surface area contributed by atoms with Crippen molar-refractivity contribution >= 4 is 15.9 Å².